The molecule has 2 rings (SSSR count). The predicted octanol–water partition coefficient (Wildman–Crippen LogP) is 2.46. The first-order valence-corrected chi connectivity index (χ1v) is 7.02. The molecule has 0 spiro atoms. The van der Waals surface area contributed by atoms with E-state index in [9.17, 15) is 4.79 Å². The van der Waals surface area contributed by atoms with E-state index in [1.54, 1.807) is 0 Å². The van der Waals surface area contributed by atoms with E-state index in [2.05, 4.69) is 51.2 Å². The molecule has 0 saturated carbocycles. The molecule has 1 aromatic carbocycles. The maximum atomic E-state index is 11.8. The van der Waals surface area contributed by atoms with Gasteiger partial charge in [0, 0.05) is 12.1 Å². The lowest BCUT2D eigenvalue weighted by Crippen LogP contribution is -2.49. The van der Waals surface area contributed by atoms with Crippen molar-refractivity contribution < 1.29 is 4.79 Å². The summed E-state index contributed by atoms with van der Waals surface area (Å²) < 4.78 is 0. The van der Waals surface area contributed by atoms with Crippen molar-refractivity contribution in [3.8, 4) is 0 Å². The zero-order chi connectivity index (χ0) is 14.2. The predicted molar refractivity (Wildman–Crippen MR) is 77.7 cm³/mol. The quantitative estimate of drug-likeness (QED) is 0.858. The van der Waals surface area contributed by atoms with E-state index < -0.39 is 0 Å². The molecule has 0 radical (unpaired) electrons. The van der Waals surface area contributed by atoms with Crippen molar-refractivity contribution in [2.45, 2.75) is 46.2 Å². The Morgan fingerprint density at radius 3 is 2.58 bits per heavy atom. The molecule has 1 amide bonds. The molecule has 0 bridgehead atoms. The third-order valence-electron chi connectivity index (χ3n) is 4.25. The monoisotopic (exact) mass is 260 g/mol. The van der Waals surface area contributed by atoms with Crippen molar-refractivity contribution in [2.75, 3.05) is 0 Å². The van der Waals surface area contributed by atoms with Crippen LogP contribution in [-0.4, -0.2) is 11.9 Å². The Hall–Kier alpha value is -1.35. The fraction of sp³-hybridized carbons (Fsp3) is 0.562. The standard InChI is InChI=1S/C16H24N2O/c1-9-5-6-13(10(2)7-9)15-14(16(17)19)11(3)8-12(4)18-15/h5-7,11-12,14-15,18H,8H2,1-4H3,(H2,17,19). The van der Waals surface area contributed by atoms with Crippen molar-refractivity contribution in [3.63, 3.8) is 0 Å². The molecule has 3 nitrogen and oxygen atoms in total. The Balaban J connectivity index is 2.40. The summed E-state index contributed by atoms with van der Waals surface area (Å²) in [5, 5.41) is 3.55. The zero-order valence-corrected chi connectivity index (χ0v) is 12.2. The molecule has 19 heavy (non-hydrogen) atoms. The average Bonchev–Trinajstić information content (AvgIpc) is 2.26. The maximum absolute atomic E-state index is 11.8. The Morgan fingerprint density at radius 2 is 2.00 bits per heavy atom. The number of benzene rings is 1. The van der Waals surface area contributed by atoms with Crippen LogP contribution in [0.15, 0.2) is 18.2 Å². The molecule has 4 atom stereocenters. The van der Waals surface area contributed by atoms with Gasteiger partial charge in [0.05, 0.1) is 5.92 Å². The number of hydrogen-bond donors (Lipinski definition) is 2. The molecule has 1 aliphatic heterocycles. The van der Waals surface area contributed by atoms with E-state index in [0.717, 1.165) is 6.42 Å². The molecule has 1 aliphatic rings. The molecule has 3 N–H and O–H groups in total. The Morgan fingerprint density at radius 1 is 1.32 bits per heavy atom. The molecule has 1 aromatic rings. The van der Waals surface area contributed by atoms with Crippen LogP contribution in [0.4, 0.5) is 0 Å². The number of nitrogens with two attached hydrogens (primary N) is 1. The number of nitrogens with one attached hydrogen (secondary N) is 1. The molecule has 0 aromatic heterocycles. The number of piperidine rings is 1. The fourth-order valence-electron chi connectivity index (χ4n) is 3.41. The summed E-state index contributed by atoms with van der Waals surface area (Å²) in [5.41, 5.74) is 9.30. The van der Waals surface area contributed by atoms with Gasteiger partial charge < -0.3 is 11.1 Å². The Kier molecular flexibility index (Phi) is 3.95. The molecule has 4 unspecified atom stereocenters. The van der Waals surface area contributed by atoms with Crippen LogP contribution in [0.5, 0.6) is 0 Å². The fourth-order valence-corrected chi connectivity index (χ4v) is 3.41. The minimum atomic E-state index is -0.197. The van der Waals surface area contributed by atoms with Crippen LogP contribution < -0.4 is 11.1 Å². The van der Waals surface area contributed by atoms with Crippen LogP contribution in [0, 0.1) is 25.7 Å². The normalized spacial score (nSPS) is 31.2. The summed E-state index contributed by atoms with van der Waals surface area (Å²) in [6.07, 6.45) is 0.995. The van der Waals surface area contributed by atoms with Gasteiger partial charge in [0.15, 0.2) is 0 Å². The third kappa shape index (κ3) is 2.81. The first kappa shape index (κ1) is 14.1. The van der Waals surface area contributed by atoms with Crippen LogP contribution in [0.2, 0.25) is 0 Å². The van der Waals surface area contributed by atoms with Gasteiger partial charge >= 0.3 is 0 Å². The van der Waals surface area contributed by atoms with E-state index in [4.69, 9.17) is 5.73 Å². The van der Waals surface area contributed by atoms with Gasteiger partial charge in [0.1, 0.15) is 0 Å². The summed E-state index contributed by atoms with van der Waals surface area (Å²) in [6, 6.07) is 6.85. The third-order valence-corrected chi connectivity index (χ3v) is 4.25. The van der Waals surface area contributed by atoms with Gasteiger partial charge in [0.25, 0.3) is 0 Å². The SMILES string of the molecule is Cc1ccc(C2NC(C)CC(C)C2C(N)=O)c(C)c1. The summed E-state index contributed by atoms with van der Waals surface area (Å²) >= 11 is 0. The van der Waals surface area contributed by atoms with Crippen molar-refractivity contribution in [3.05, 3.63) is 34.9 Å². The molecule has 1 heterocycles. The highest BCUT2D eigenvalue weighted by Gasteiger charge is 2.38. The highest BCUT2D eigenvalue weighted by molar-refractivity contribution is 5.78. The molecule has 0 aliphatic carbocycles. The van der Waals surface area contributed by atoms with E-state index in [1.807, 2.05) is 0 Å². The molecule has 104 valence electrons. The highest BCUT2D eigenvalue weighted by atomic mass is 16.1. The summed E-state index contributed by atoms with van der Waals surface area (Å²) in [5.74, 6) is -0.00562. The first-order chi connectivity index (χ1) is 8.90. The molecule has 1 saturated heterocycles. The second-order valence-corrected chi connectivity index (χ2v) is 6.05. The minimum absolute atomic E-state index is 0.0387. The van der Waals surface area contributed by atoms with Gasteiger partial charge in [-0.15, -0.1) is 0 Å². The maximum Gasteiger partial charge on any atom is 0.222 e. The van der Waals surface area contributed by atoms with E-state index in [1.165, 1.54) is 16.7 Å². The average molecular weight is 260 g/mol. The largest absolute Gasteiger partial charge is 0.369 e. The van der Waals surface area contributed by atoms with E-state index >= 15 is 0 Å². The van der Waals surface area contributed by atoms with E-state index in [-0.39, 0.29) is 17.9 Å². The second-order valence-electron chi connectivity index (χ2n) is 6.05. The van der Waals surface area contributed by atoms with Gasteiger partial charge in [-0.1, -0.05) is 30.7 Å². The van der Waals surface area contributed by atoms with Gasteiger partial charge in [-0.3, -0.25) is 4.79 Å². The second kappa shape index (κ2) is 5.33. The lowest BCUT2D eigenvalue weighted by atomic mass is 9.75. The summed E-state index contributed by atoms with van der Waals surface area (Å²) in [6.45, 7) is 8.49. The lowest BCUT2D eigenvalue weighted by Gasteiger charge is -2.40. The van der Waals surface area contributed by atoms with Gasteiger partial charge in [-0.05, 0) is 44.2 Å². The van der Waals surface area contributed by atoms with Crippen LogP contribution >= 0.6 is 0 Å². The highest BCUT2D eigenvalue weighted by Crippen LogP contribution is 2.36. The van der Waals surface area contributed by atoms with Crippen LogP contribution in [-0.2, 0) is 4.79 Å². The smallest absolute Gasteiger partial charge is 0.222 e. The van der Waals surface area contributed by atoms with Crippen LogP contribution in [0.1, 0.15) is 43.0 Å². The van der Waals surface area contributed by atoms with Crippen molar-refractivity contribution in [1.29, 1.82) is 0 Å². The number of rotatable bonds is 2. The summed E-state index contributed by atoms with van der Waals surface area (Å²) in [7, 11) is 0. The van der Waals surface area contributed by atoms with Gasteiger partial charge in [-0.2, -0.15) is 0 Å². The van der Waals surface area contributed by atoms with Gasteiger partial charge in [-0.25, -0.2) is 0 Å². The number of amides is 1. The molecular weight excluding hydrogens is 236 g/mol. The minimum Gasteiger partial charge on any atom is -0.369 e. The zero-order valence-electron chi connectivity index (χ0n) is 12.2. The molecular formula is C16H24N2O. The number of hydrogen-bond acceptors (Lipinski definition) is 2. The summed E-state index contributed by atoms with van der Waals surface area (Å²) in [4.78, 5) is 11.8. The van der Waals surface area contributed by atoms with Crippen LogP contribution in [0.25, 0.3) is 0 Å². The first-order valence-electron chi connectivity index (χ1n) is 7.02. The number of carbonyl (C=O) groups excluding carboxylic acids is 1. The number of primary amides is 1. The molecule has 1 fully saturated rings. The van der Waals surface area contributed by atoms with Crippen molar-refractivity contribution in [2.24, 2.45) is 17.6 Å². The topological polar surface area (TPSA) is 55.1 Å². The van der Waals surface area contributed by atoms with Crippen molar-refractivity contribution in [1.82, 2.24) is 5.32 Å². The number of aryl methyl sites for hydroxylation is 2. The lowest BCUT2D eigenvalue weighted by molar-refractivity contribution is -0.125. The van der Waals surface area contributed by atoms with Crippen molar-refractivity contribution >= 4 is 5.91 Å². The Bertz CT molecular complexity index is 484. The van der Waals surface area contributed by atoms with Crippen LogP contribution in [0.3, 0.4) is 0 Å². The molecule has 3 heteroatoms. The number of carbonyl (C=O) groups is 1. The van der Waals surface area contributed by atoms with E-state index in [0.29, 0.717) is 12.0 Å². The Labute approximate surface area is 115 Å². The van der Waals surface area contributed by atoms with Gasteiger partial charge in [0.2, 0.25) is 5.91 Å².